The summed E-state index contributed by atoms with van der Waals surface area (Å²) in [6, 6.07) is 9.75. The van der Waals surface area contributed by atoms with Crippen LogP contribution < -0.4 is 5.32 Å². The predicted molar refractivity (Wildman–Crippen MR) is 102 cm³/mol. The van der Waals surface area contributed by atoms with Crippen molar-refractivity contribution in [2.75, 3.05) is 5.32 Å². The quantitative estimate of drug-likeness (QED) is 0.604. The molecule has 120 valence electrons. The number of rotatable bonds is 4. The van der Waals surface area contributed by atoms with Crippen molar-refractivity contribution in [2.45, 2.75) is 18.8 Å². The molecule has 24 heavy (non-hydrogen) atoms. The second-order valence-corrected chi connectivity index (χ2v) is 7.68. The summed E-state index contributed by atoms with van der Waals surface area (Å²) in [7, 11) is 0. The van der Waals surface area contributed by atoms with Crippen molar-refractivity contribution < 1.29 is 4.79 Å². The third-order valence-electron chi connectivity index (χ3n) is 3.71. The van der Waals surface area contributed by atoms with E-state index in [9.17, 15) is 4.79 Å². The van der Waals surface area contributed by atoms with E-state index in [4.69, 9.17) is 0 Å². The molecule has 0 aliphatic heterocycles. The summed E-state index contributed by atoms with van der Waals surface area (Å²) in [6.07, 6.45) is 3.86. The summed E-state index contributed by atoms with van der Waals surface area (Å²) in [5, 5.41) is 5.33. The monoisotopic (exact) mass is 448 g/mol. The Morgan fingerprint density at radius 1 is 1.17 bits per heavy atom. The summed E-state index contributed by atoms with van der Waals surface area (Å²) in [5.41, 5.74) is 2.27. The molecule has 3 aromatic rings. The van der Waals surface area contributed by atoms with Crippen LogP contribution >= 0.6 is 33.9 Å². The minimum absolute atomic E-state index is 0.247. The molecule has 7 heteroatoms. The summed E-state index contributed by atoms with van der Waals surface area (Å²) in [4.78, 5) is 25.4. The Balaban J connectivity index is 1.50. The van der Waals surface area contributed by atoms with Gasteiger partial charge in [-0.25, -0.2) is 15.0 Å². The molecule has 0 bridgehead atoms. The molecule has 1 aromatic carbocycles. The maximum atomic E-state index is 12.4. The molecule has 2 heterocycles. The van der Waals surface area contributed by atoms with Crippen LogP contribution in [-0.2, 0) is 0 Å². The minimum atomic E-state index is -0.247. The summed E-state index contributed by atoms with van der Waals surface area (Å²) < 4.78 is 1.18. The molecule has 1 saturated carbocycles. The van der Waals surface area contributed by atoms with E-state index >= 15 is 0 Å². The lowest BCUT2D eigenvalue weighted by molar-refractivity contribution is 0.102. The van der Waals surface area contributed by atoms with Gasteiger partial charge >= 0.3 is 0 Å². The van der Waals surface area contributed by atoms with Gasteiger partial charge in [-0.05, 0) is 53.6 Å². The lowest BCUT2D eigenvalue weighted by atomic mass is 10.2. The van der Waals surface area contributed by atoms with Gasteiger partial charge in [-0.15, -0.1) is 11.3 Å². The van der Waals surface area contributed by atoms with E-state index in [1.165, 1.54) is 14.9 Å². The third kappa shape index (κ3) is 3.46. The van der Waals surface area contributed by atoms with Crippen LogP contribution in [0.3, 0.4) is 0 Å². The molecular formula is C17H13IN4OS. The van der Waals surface area contributed by atoms with E-state index in [2.05, 4.69) is 42.9 Å². The van der Waals surface area contributed by atoms with E-state index in [0.29, 0.717) is 16.7 Å². The van der Waals surface area contributed by atoms with Crippen LogP contribution in [0.15, 0.2) is 41.9 Å². The average molecular weight is 448 g/mol. The molecule has 0 spiro atoms. The number of nitrogens with one attached hydrogen (secondary N) is 1. The standard InChI is InChI=1S/C17H13IN4OS/c18-12-5-3-10(4-6-12)14-9-24-17(21-14)22-16(23)13-7-8-19-15(20-13)11-1-2-11/h3-9,11H,1-2H2,(H,21,22,23). The van der Waals surface area contributed by atoms with Crippen molar-refractivity contribution in [3.63, 3.8) is 0 Å². The Labute approximate surface area is 156 Å². The Morgan fingerprint density at radius 2 is 1.96 bits per heavy atom. The van der Waals surface area contributed by atoms with E-state index in [0.717, 1.165) is 29.9 Å². The Bertz CT molecular complexity index is 890. The molecule has 4 rings (SSSR count). The summed E-state index contributed by atoms with van der Waals surface area (Å²) >= 11 is 3.67. The number of thiazole rings is 1. The first-order chi connectivity index (χ1) is 11.7. The van der Waals surface area contributed by atoms with Crippen LogP contribution in [0.1, 0.15) is 35.1 Å². The minimum Gasteiger partial charge on any atom is -0.296 e. The number of benzene rings is 1. The molecule has 0 radical (unpaired) electrons. The van der Waals surface area contributed by atoms with Gasteiger partial charge in [0.05, 0.1) is 5.69 Å². The van der Waals surface area contributed by atoms with Gasteiger partial charge in [0, 0.05) is 26.6 Å². The molecule has 5 nitrogen and oxygen atoms in total. The normalized spacial score (nSPS) is 13.7. The lowest BCUT2D eigenvalue weighted by Crippen LogP contribution is -2.14. The second kappa shape index (κ2) is 6.56. The first kappa shape index (κ1) is 15.6. The van der Waals surface area contributed by atoms with Crippen LogP contribution in [-0.4, -0.2) is 20.9 Å². The highest BCUT2D eigenvalue weighted by Crippen LogP contribution is 2.37. The van der Waals surface area contributed by atoms with Crippen LogP contribution in [0, 0.1) is 3.57 Å². The Hall–Kier alpha value is -1.87. The SMILES string of the molecule is O=C(Nc1nc(-c2ccc(I)cc2)cs1)c1ccnc(C2CC2)n1. The fourth-order valence-electron chi connectivity index (χ4n) is 2.28. The van der Waals surface area contributed by atoms with Crippen molar-refractivity contribution in [3.8, 4) is 11.3 Å². The second-order valence-electron chi connectivity index (χ2n) is 5.57. The number of carbonyl (C=O) groups is 1. The number of anilines is 1. The summed E-state index contributed by atoms with van der Waals surface area (Å²) in [5.74, 6) is 0.939. The molecule has 1 amide bonds. The molecular weight excluding hydrogens is 435 g/mol. The van der Waals surface area contributed by atoms with Gasteiger partial charge in [0.2, 0.25) is 0 Å². The van der Waals surface area contributed by atoms with Crippen LogP contribution in [0.5, 0.6) is 0 Å². The molecule has 1 aliphatic rings. The first-order valence-corrected chi connectivity index (χ1v) is 9.50. The van der Waals surface area contributed by atoms with Crippen molar-refractivity contribution in [1.82, 2.24) is 15.0 Å². The maximum Gasteiger partial charge on any atom is 0.276 e. The molecule has 1 N–H and O–H groups in total. The van der Waals surface area contributed by atoms with Crippen LogP contribution in [0.2, 0.25) is 0 Å². The topological polar surface area (TPSA) is 67.8 Å². The van der Waals surface area contributed by atoms with E-state index in [-0.39, 0.29) is 5.91 Å². The smallest absolute Gasteiger partial charge is 0.276 e. The van der Waals surface area contributed by atoms with E-state index in [1.807, 2.05) is 29.6 Å². The number of nitrogens with zero attached hydrogens (tertiary/aromatic N) is 3. The zero-order chi connectivity index (χ0) is 16.5. The highest BCUT2D eigenvalue weighted by atomic mass is 127. The van der Waals surface area contributed by atoms with Gasteiger partial charge in [-0.3, -0.25) is 10.1 Å². The number of halogens is 1. The predicted octanol–water partition coefficient (Wildman–Crippen LogP) is 4.33. The average Bonchev–Trinajstić information content (AvgIpc) is 3.36. The fraction of sp³-hybridized carbons (Fsp3) is 0.176. The van der Waals surface area contributed by atoms with Gasteiger partial charge in [-0.1, -0.05) is 12.1 Å². The largest absolute Gasteiger partial charge is 0.296 e. The van der Waals surface area contributed by atoms with Gasteiger partial charge < -0.3 is 0 Å². The van der Waals surface area contributed by atoms with Gasteiger partial charge in [0.1, 0.15) is 11.5 Å². The van der Waals surface area contributed by atoms with Gasteiger partial charge in [-0.2, -0.15) is 0 Å². The molecule has 2 aromatic heterocycles. The van der Waals surface area contributed by atoms with Crippen molar-refractivity contribution in [2.24, 2.45) is 0 Å². The number of amides is 1. The lowest BCUT2D eigenvalue weighted by Gasteiger charge is -2.02. The third-order valence-corrected chi connectivity index (χ3v) is 5.19. The molecule has 0 unspecified atom stereocenters. The zero-order valence-electron chi connectivity index (χ0n) is 12.6. The van der Waals surface area contributed by atoms with Crippen LogP contribution in [0.25, 0.3) is 11.3 Å². The Kier molecular flexibility index (Phi) is 4.28. The van der Waals surface area contributed by atoms with Gasteiger partial charge in [0.15, 0.2) is 5.13 Å². The van der Waals surface area contributed by atoms with E-state index in [1.54, 1.807) is 12.3 Å². The van der Waals surface area contributed by atoms with Crippen molar-refractivity contribution in [3.05, 3.63) is 57.0 Å². The van der Waals surface area contributed by atoms with Crippen LogP contribution in [0.4, 0.5) is 5.13 Å². The molecule has 0 saturated heterocycles. The number of aromatic nitrogens is 3. The van der Waals surface area contributed by atoms with Crippen molar-refractivity contribution in [1.29, 1.82) is 0 Å². The Morgan fingerprint density at radius 3 is 2.71 bits per heavy atom. The maximum absolute atomic E-state index is 12.4. The van der Waals surface area contributed by atoms with Gasteiger partial charge in [0.25, 0.3) is 5.91 Å². The molecule has 1 aliphatic carbocycles. The molecule has 1 fully saturated rings. The molecule has 0 atom stereocenters. The zero-order valence-corrected chi connectivity index (χ0v) is 15.5. The van der Waals surface area contributed by atoms with Crippen molar-refractivity contribution >= 4 is 45.0 Å². The highest BCUT2D eigenvalue weighted by molar-refractivity contribution is 14.1. The first-order valence-electron chi connectivity index (χ1n) is 7.55. The number of hydrogen-bond donors (Lipinski definition) is 1. The number of carbonyl (C=O) groups excluding carboxylic acids is 1. The van der Waals surface area contributed by atoms with E-state index < -0.39 is 0 Å². The highest BCUT2D eigenvalue weighted by Gasteiger charge is 2.27. The summed E-state index contributed by atoms with van der Waals surface area (Å²) in [6.45, 7) is 0. The fourth-order valence-corrected chi connectivity index (χ4v) is 3.36. The number of hydrogen-bond acceptors (Lipinski definition) is 5.